The lowest BCUT2D eigenvalue weighted by molar-refractivity contribution is -0.135. The first-order chi connectivity index (χ1) is 11.6. The van der Waals surface area contributed by atoms with Crippen LogP contribution < -0.4 is 10.9 Å². The lowest BCUT2D eigenvalue weighted by Crippen LogP contribution is -2.48. The van der Waals surface area contributed by atoms with Crippen LogP contribution >= 0.6 is 0 Å². The maximum atomic E-state index is 12.7. The second kappa shape index (κ2) is 6.03. The minimum atomic E-state index is -0.373. The minimum Gasteiger partial charge on any atom is -0.344 e. The predicted octanol–water partition coefficient (Wildman–Crippen LogP) is 0.174. The number of carbonyl (C=O) groups is 2. The molecule has 2 fully saturated rings. The molecule has 1 N–H and O–H groups in total. The average molecular weight is 330 g/mol. The topological polar surface area (TPSA) is 84.3 Å². The maximum absolute atomic E-state index is 12.7. The zero-order chi connectivity index (χ0) is 16.7. The summed E-state index contributed by atoms with van der Waals surface area (Å²) in [5, 5.41) is 2.76. The number of hydrogen-bond donors (Lipinski definition) is 1. The Morgan fingerprint density at radius 3 is 2.83 bits per heavy atom. The van der Waals surface area contributed by atoms with E-state index in [0.29, 0.717) is 19.4 Å². The number of rotatable bonds is 2. The molecule has 0 unspecified atom stereocenters. The molecule has 2 saturated heterocycles. The van der Waals surface area contributed by atoms with Gasteiger partial charge in [-0.05, 0) is 25.7 Å². The minimum absolute atomic E-state index is 0.0172. The van der Waals surface area contributed by atoms with E-state index >= 15 is 0 Å². The lowest BCUT2D eigenvalue weighted by Gasteiger charge is -2.35. The van der Waals surface area contributed by atoms with E-state index in [1.807, 2.05) is 4.90 Å². The van der Waals surface area contributed by atoms with E-state index in [-0.39, 0.29) is 29.3 Å². The van der Waals surface area contributed by atoms with Crippen molar-refractivity contribution in [3.05, 3.63) is 27.9 Å². The lowest BCUT2D eigenvalue weighted by atomic mass is 9.93. The first-order valence-electron chi connectivity index (χ1n) is 8.80. The van der Waals surface area contributed by atoms with Gasteiger partial charge in [-0.2, -0.15) is 4.98 Å². The average Bonchev–Trinajstić information content (AvgIpc) is 3.22. The SMILES string of the molecule is O=C1CC[C@@H](C(=O)N2CCC[C@@H](c3cc(=O)nc4n3CCC4)C2)N1. The third kappa shape index (κ3) is 2.72. The molecule has 1 aromatic heterocycles. The number of fused-ring (bicyclic) bond motifs is 1. The second-order valence-electron chi connectivity index (χ2n) is 6.97. The summed E-state index contributed by atoms with van der Waals surface area (Å²) in [6.07, 6.45) is 4.79. The molecule has 1 aromatic rings. The molecule has 24 heavy (non-hydrogen) atoms. The third-order valence-corrected chi connectivity index (χ3v) is 5.36. The van der Waals surface area contributed by atoms with E-state index in [0.717, 1.165) is 50.3 Å². The Kier molecular flexibility index (Phi) is 3.86. The van der Waals surface area contributed by atoms with Gasteiger partial charge in [0.25, 0.3) is 5.56 Å². The van der Waals surface area contributed by atoms with E-state index in [1.54, 1.807) is 6.07 Å². The molecular weight excluding hydrogens is 308 g/mol. The van der Waals surface area contributed by atoms with Crippen LogP contribution in [0.2, 0.25) is 0 Å². The highest BCUT2D eigenvalue weighted by atomic mass is 16.2. The summed E-state index contributed by atoms with van der Waals surface area (Å²) < 4.78 is 2.16. The normalized spacial score (nSPS) is 26.3. The van der Waals surface area contributed by atoms with Crippen LogP contribution in [0.1, 0.15) is 49.5 Å². The first-order valence-corrected chi connectivity index (χ1v) is 8.80. The third-order valence-electron chi connectivity index (χ3n) is 5.36. The molecule has 0 aromatic carbocycles. The van der Waals surface area contributed by atoms with E-state index in [2.05, 4.69) is 14.9 Å². The molecule has 0 radical (unpaired) electrons. The van der Waals surface area contributed by atoms with Gasteiger partial charge in [-0.15, -0.1) is 0 Å². The summed E-state index contributed by atoms with van der Waals surface area (Å²) in [5.74, 6) is 1.03. The van der Waals surface area contributed by atoms with E-state index in [9.17, 15) is 14.4 Å². The fraction of sp³-hybridized carbons (Fsp3) is 0.647. The molecule has 3 aliphatic rings. The molecule has 4 rings (SSSR count). The van der Waals surface area contributed by atoms with Gasteiger partial charge < -0.3 is 14.8 Å². The quantitative estimate of drug-likeness (QED) is 0.838. The van der Waals surface area contributed by atoms with E-state index in [4.69, 9.17) is 0 Å². The largest absolute Gasteiger partial charge is 0.344 e. The molecular formula is C17H22N4O3. The molecule has 3 aliphatic heterocycles. The smallest absolute Gasteiger partial charge is 0.273 e. The summed E-state index contributed by atoms with van der Waals surface area (Å²) in [5.41, 5.74) is 0.847. The van der Waals surface area contributed by atoms with E-state index < -0.39 is 0 Å². The number of carbonyl (C=O) groups excluding carboxylic acids is 2. The summed E-state index contributed by atoms with van der Waals surface area (Å²) >= 11 is 0. The van der Waals surface area contributed by atoms with Gasteiger partial charge in [0.1, 0.15) is 11.9 Å². The Morgan fingerprint density at radius 1 is 1.17 bits per heavy atom. The van der Waals surface area contributed by atoms with Crippen molar-refractivity contribution in [3.8, 4) is 0 Å². The van der Waals surface area contributed by atoms with Gasteiger partial charge in [-0.3, -0.25) is 14.4 Å². The van der Waals surface area contributed by atoms with Gasteiger partial charge in [0.2, 0.25) is 11.8 Å². The summed E-state index contributed by atoms with van der Waals surface area (Å²) in [7, 11) is 0. The van der Waals surface area contributed by atoms with Crippen LogP contribution in [0.25, 0.3) is 0 Å². The van der Waals surface area contributed by atoms with Gasteiger partial charge in [-0.1, -0.05) is 0 Å². The molecule has 128 valence electrons. The highest BCUT2D eigenvalue weighted by molar-refractivity contribution is 5.90. The molecule has 7 heteroatoms. The Balaban J connectivity index is 1.54. The Bertz CT molecular complexity index is 742. The molecule has 0 spiro atoms. The predicted molar refractivity (Wildman–Crippen MR) is 86.5 cm³/mol. The van der Waals surface area contributed by atoms with Crippen LogP contribution in [0, 0.1) is 0 Å². The van der Waals surface area contributed by atoms with Gasteiger partial charge >= 0.3 is 0 Å². The zero-order valence-electron chi connectivity index (χ0n) is 13.7. The molecule has 4 heterocycles. The van der Waals surface area contributed by atoms with Crippen LogP contribution in [0.15, 0.2) is 10.9 Å². The van der Waals surface area contributed by atoms with Gasteiger partial charge in [-0.25, -0.2) is 0 Å². The van der Waals surface area contributed by atoms with Crippen molar-refractivity contribution in [1.29, 1.82) is 0 Å². The number of aryl methyl sites for hydroxylation is 1. The number of hydrogen-bond acceptors (Lipinski definition) is 4. The van der Waals surface area contributed by atoms with Crippen molar-refractivity contribution >= 4 is 11.8 Å². The van der Waals surface area contributed by atoms with Gasteiger partial charge in [0, 0.05) is 50.2 Å². The Morgan fingerprint density at radius 2 is 2.04 bits per heavy atom. The van der Waals surface area contributed by atoms with Crippen LogP contribution in [0.4, 0.5) is 0 Å². The fourth-order valence-corrected chi connectivity index (χ4v) is 4.19. The second-order valence-corrected chi connectivity index (χ2v) is 6.97. The molecule has 7 nitrogen and oxygen atoms in total. The monoisotopic (exact) mass is 330 g/mol. The zero-order valence-corrected chi connectivity index (χ0v) is 13.7. The fourth-order valence-electron chi connectivity index (χ4n) is 4.19. The van der Waals surface area contributed by atoms with Crippen molar-refractivity contribution in [2.45, 2.75) is 57.0 Å². The van der Waals surface area contributed by atoms with Crippen molar-refractivity contribution in [3.63, 3.8) is 0 Å². The molecule has 0 aliphatic carbocycles. The highest BCUT2D eigenvalue weighted by Gasteiger charge is 2.34. The Hall–Kier alpha value is -2.18. The van der Waals surface area contributed by atoms with Crippen molar-refractivity contribution < 1.29 is 9.59 Å². The maximum Gasteiger partial charge on any atom is 0.273 e. The summed E-state index contributed by atoms with van der Waals surface area (Å²) in [6, 6.07) is 1.27. The van der Waals surface area contributed by atoms with Crippen LogP contribution in [0.3, 0.4) is 0 Å². The van der Waals surface area contributed by atoms with Gasteiger partial charge in [0.15, 0.2) is 0 Å². The molecule has 0 saturated carbocycles. The van der Waals surface area contributed by atoms with E-state index in [1.165, 1.54) is 0 Å². The number of likely N-dealkylation sites (tertiary alicyclic amines) is 1. The molecule has 2 amide bonds. The summed E-state index contributed by atoms with van der Waals surface area (Å²) in [6.45, 7) is 2.25. The first kappa shape index (κ1) is 15.4. The number of nitrogens with one attached hydrogen (secondary N) is 1. The van der Waals surface area contributed by atoms with Crippen LogP contribution in [-0.2, 0) is 22.6 Å². The van der Waals surface area contributed by atoms with Crippen LogP contribution in [-0.4, -0.2) is 45.4 Å². The van der Waals surface area contributed by atoms with Crippen LogP contribution in [0.5, 0.6) is 0 Å². The highest BCUT2D eigenvalue weighted by Crippen LogP contribution is 2.29. The molecule has 2 atom stereocenters. The van der Waals surface area contributed by atoms with Gasteiger partial charge in [0.05, 0.1) is 0 Å². The number of nitrogens with zero attached hydrogens (tertiary/aromatic N) is 3. The number of aromatic nitrogens is 2. The van der Waals surface area contributed by atoms with Crippen molar-refractivity contribution in [2.24, 2.45) is 0 Å². The number of piperidine rings is 1. The van der Waals surface area contributed by atoms with Crippen molar-refractivity contribution in [2.75, 3.05) is 13.1 Å². The Labute approximate surface area is 140 Å². The van der Waals surface area contributed by atoms with Crippen molar-refractivity contribution in [1.82, 2.24) is 19.8 Å². The standard InChI is InChI=1S/C17H22N4O3/c22-15-6-5-12(18-15)17(24)20-7-1-3-11(10-20)13-9-16(23)19-14-4-2-8-21(13)14/h9,11-12H,1-8,10H2,(H,18,22)/t11-,12+/m1/s1. The summed E-state index contributed by atoms with van der Waals surface area (Å²) in [4.78, 5) is 41.9. The molecule has 0 bridgehead atoms. The number of amides is 2.